The van der Waals surface area contributed by atoms with Gasteiger partial charge in [0.1, 0.15) is 32.0 Å². The van der Waals surface area contributed by atoms with Crippen molar-refractivity contribution in [3.8, 4) is 0 Å². The van der Waals surface area contributed by atoms with Gasteiger partial charge in [-0.1, -0.05) is 97.9 Å². The van der Waals surface area contributed by atoms with E-state index in [2.05, 4.69) is 0 Å². The van der Waals surface area contributed by atoms with Crippen molar-refractivity contribution in [3.05, 3.63) is 108 Å². The molecule has 8 nitrogen and oxygen atoms in total. The minimum Gasteiger partial charge on any atom is -0.382 e. The van der Waals surface area contributed by atoms with Crippen molar-refractivity contribution in [3.63, 3.8) is 0 Å². The van der Waals surface area contributed by atoms with Gasteiger partial charge in [0, 0.05) is 6.42 Å². The molecule has 1 heterocycles. The van der Waals surface area contributed by atoms with Gasteiger partial charge >= 0.3 is 0 Å². The van der Waals surface area contributed by atoms with Crippen molar-refractivity contribution in [1.29, 1.82) is 0 Å². The standard InChI is InChI=1S/C32H36O8/c1-22(19-33)32(37)31(36,18-24-12-6-3-7-13-24)30(39-21-26-16-10-5-11-17-26)29(28(40-32)27(35)23(2)34)38-20-25-14-8-4-9-15-25/h3-17,19,22,27-30,35-37H,18,20-21H2,1-2H3/t22?,27?,28-,29+,30+,31-,32?/m1/s1/i19D. The lowest BCUT2D eigenvalue weighted by molar-refractivity contribution is -0.411. The van der Waals surface area contributed by atoms with Crippen LogP contribution in [0.4, 0.5) is 0 Å². The maximum Gasteiger partial charge on any atom is 0.207 e. The van der Waals surface area contributed by atoms with E-state index < -0.39 is 53.8 Å². The number of ketones is 1. The highest BCUT2D eigenvalue weighted by atomic mass is 16.7. The van der Waals surface area contributed by atoms with Crippen LogP contribution in [0.15, 0.2) is 91.0 Å². The monoisotopic (exact) mass is 549 g/mol. The summed E-state index contributed by atoms with van der Waals surface area (Å²) in [7, 11) is 0. The molecular weight excluding hydrogens is 512 g/mol. The minimum absolute atomic E-state index is 0.00790. The molecule has 3 aromatic rings. The van der Waals surface area contributed by atoms with Crippen LogP contribution in [0.5, 0.6) is 0 Å². The molecule has 7 atom stereocenters. The molecule has 1 saturated heterocycles. The maximum absolute atomic E-state index is 12.5. The van der Waals surface area contributed by atoms with Gasteiger partial charge in [-0.3, -0.25) is 4.79 Å². The van der Waals surface area contributed by atoms with E-state index in [9.17, 15) is 24.9 Å². The van der Waals surface area contributed by atoms with Gasteiger partial charge in [-0.15, -0.1) is 0 Å². The smallest absolute Gasteiger partial charge is 0.207 e. The van der Waals surface area contributed by atoms with Crippen molar-refractivity contribution >= 4 is 12.0 Å². The van der Waals surface area contributed by atoms with Crippen molar-refractivity contribution in [2.24, 2.45) is 5.92 Å². The van der Waals surface area contributed by atoms with Crippen molar-refractivity contribution < 1.29 is 40.5 Å². The summed E-state index contributed by atoms with van der Waals surface area (Å²) in [4.78, 5) is 24.8. The highest BCUT2D eigenvalue weighted by Gasteiger charge is 2.67. The lowest BCUT2D eigenvalue weighted by atomic mass is 9.70. The van der Waals surface area contributed by atoms with E-state index in [0.29, 0.717) is 5.56 Å². The molecule has 8 heteroatoms. The third kappa shape index (κ3) is 6.23. The summed E-state index contributed by atoms with van der Waals surface area (Å²) in [6, 6.07) is 27.0. The quantitative estimate of drug-likeness (QED) is 0.295. The van der Waals surface area contributed by atoms with Crippen LogP contribution in [0.25, 0.3) is 0 Å². The molecule has 0 aromatic heterocycles. The number of ether oxygens (including phenoxy) is 3. The Labute approximate surface area is 235 Å². The zero-order chi connectivity index (χ0) is 29.6. The number of Topliss-reactive ketones (excluding diaryl/α,β-unsaturated/α-hetero) is 1. The van der Waals surface area contributed by atoms with Crippen LogP contribution in [0.1, 0.15) is 31.9 Å². The van der Waals surface area contributed by atoms with E-state index >= 15 is 0 Å². The van der Waals surface area contributed by atoms with Crippen molar-refractivity contribution in [2.75, 3.05) is 0 Å². The average Bonchev–Trinajstić information content (AvgIpc) is 2.97. The molecule has 1 aliphatic rings. The van der Waals surface area contributed by atoms with Crippen LogP contribution >= 0.6 is 0 Å². The first-order chi connectivity index (χ1) is 19.6. The highest BCUT2D eigenvalue weighted by molar-refractivity contribution is 5.81. The summed E-state index contributed by atoms with van der Waals surface area (Å²) < 4.78 is 26.4. The SMILES string of the molecule is [2H]C(=O)C(C)C1(O)O[C@H](C(O)C(C)=O)[C@H](OCc2ccccc2)[C@H](OCc2ccccc2)[C@]1(O)Cc1ccccc1. The van der Waals surface area contributed by atoms with Gasteiger partial charge < -0.3 is 34.3 Å². The molecule has 0 bridgehead atoms. The van der Waals surface area contributed by atoms with Gasteiger partial charge in [0.15, 0.2) is 11.4 Å². The molecule has 3 N–H and O–H groups in total. The van der Waals surface area contributed by atoms with Gasteiger partial charge in [0.05, 0.1) is 19.1 Å². The fourth-order valence-corrected chi connectivity index (χ4v) is 5.13. The number of hydrogen-bond donors (Lipinski definition) is 3. The Kier molecular flexibility index (Phi) is 9.16. The summed E-state index contributed by atoms with van der Waals surface area (Å²) in [6.07, 6.45) is -7.50. The van der Waals surface area contributed by atoms with Crippen LogP contribution in [0.2, 0.25) is 0 Å². The average molecular weight is 550 g/mol. The molecule has 40 heavy (non-hydrogen) atoms. The predicted molar refractivity (Wildman–Crippen MR) is 147 cm³/mol. The Balaban J connectivity index is 1.86. The highest BCUT2D eigenvalue weighted by Crippen LogP contribution is 2.46. The molecule has 3 aromatic carbocycles. The fourth-order valence-electron chi connectivity index (χ4n) is 5.13. The topological polar surface area (TPSA) is 123 Å². The summed E-state index contributed by atoms with van der Waals surface area (Å²) in [6.45, 7) is 2.39. The first kappa shape index (κ1) is 28.3. The van der Waals surface area contributed by atoms with Gasteiger partial charge in [0.2, 0.25) is 5.79 Å². The molecular formula is C32H36O8. The lowest BCUT2D eigenvalue weighted by Gasteiger charge is -2.57. The predicted octanol–water partition coefficient (Wildman–Crippen LogP) is 3.00. The van der Waals surface area contributed by atoms with Crippen LogP contribution < -0.4 is 0 Å². The van der Waals surface area contributed by atoms with E-state index in [1.807, 2.05) is 60.7 Å². The Hall–Kier alpha value is -3.24. The number of carbonyl (C=O) groups excluding carboxylic acids is 2. The summed E-state index contributed by atoms with van der Waals surface area (Å²) in [5, 5.41) is 35.6. The second kappa shape index (κ2) is 13.0. The Bertz CT molecular complexity index is 1290. The number of carbonyl (C=O) groups is 2. The van der Waals surface area contributed by atoms with E-state index in [-0.39, 0.29) is 19.6 Å². The molecule has 0 aliphatic carbocycles. The fraction of sp³-hybridized carbons (Fsp3) is 0.375. The first-order valence-electron chi connectivity index (χ1n) is 13.7. The van der Waals surface area contributed by atoms with E-state index in [1.54, 1.807) is 30.3 Å². The van der Waals surface area contributed by atoms with Gasteiger partial charge in [-0.25, -0.2) is 0 Å². The number of benzene rings is 3. The number of aliphatic hydroxyl groups excluding tert-OH is 1. The Morgan fingerprint density at radius 2 is 1.40 bits per heavy atom. The first-order valence-corrected chi connectivity index (χ1v) is 13.2. The van der Waals surface area contributed by atoms with Crippen molar-refractivity contribution in [1.82, 2.24) is 0 Å². The zero-order valence-corrected chi connectivity index (χ0v) is 22.6. The molecule has 0 saturated carbocycles. The van der Waals surface area contributed by atoms with E-state index in [0.717, 1.165) is 18.1 Å². The molecule has 1 fully saturated rings. The van der Waals surface area contributed by atoms with Crippen LogP contribution in [-0.2, 0) is 43.4 Å². The molecule has 212 valence electrons. The molecule has 1 aliphatic heterocycles. The number of aliphatic hydroxyl groups is 3. The van der Waals surface area contributed by atoms with Crippen LogP contribution in [0, 0.1) is 5.92 Å². The van der Waals surface area contributed by atoms with Gasteiger partial charge in [0.25, 0.3) is 0 Å². The largest absolute Gasteiger partial charge is 0.382 e. The zero-order valence-electron chi connectivity index (χ0n) is 23.6. The van der Waals surface area contributed by atoms with E-state index in [4.69, 9.17) is 15.6 Å². The minimum atomic E-state index is -2.74. The van der Waals surface area contributed by atoms with Gasteiger partial charge in [-0.2, -0.15) is 0 Å². The third-order valence-electron chi connectivity index (χ3n) is 7.39. The van der Waals surface area contributed by atoms with Crippen LogP contribution in [0.3, 0.4) is 0 Å². The van der Waals surface area contributed by atoms with Crippen LogP contribution in [-0.4, -0.2) is 63.2 Å². The maximum atomic E-state index is 12.5. The lowest BCUT2D eigenvalue weighted by Crippen LogP contribution is -2.77. The van der Waals surface area contributed by atoms with Gasteiger partial charge in [-0.05, 0) is 23.6 Å². The number of hydrogen-bond acceptors (Lipinski definition) is 8. The molecule has 0 radical (unpaired) electrons. The number of rotatable bonds is 12. The number of aldehydes is 1. The summed E-state index contributed by atoms with van der Waals surface area (Å²) >= 11 is 0. The third-order valence-corrected chi connectivity index (χ3v) is 7.39. The molecule has 3 unspecified atom stereocenters. The van der Waals surface area contributed by atoms with E-state index in [1.165, 1.54) is 6.92 Å². The summed E-state index contributed by atoms with van der Waals surface area (Å²) in [5.74, 6) is -5.00. The second-order valence-electron chi connectivity index (χ2n) is 10.2. The molecule has 0 amide bonds. The normalized spacial score (nSPS) is 28.3. The second-order valence-corrected chi connectivity index (χ2v) is 10.2. The molecule has 4 rings (SSSR count). The Morgan fingerprint density at radius 3 is 1.88 bits per heavy atom. The Morgan fingerprint density at radius 1 is 0.925 bits per heavy atom. The molecule has 0 spiro atoms. The summed E-state index contributed by atoms with van der Waals surface area (Å²) in [5.41, 5.74) is -0.261. The van der Waals surface area contributed by atoms with Crippen molar-refractivity contribution in [2.45, 2.75) is 69.3 Å².